The fourth-order valence-electron chi connectivity index (χ4n) is 2.62. The molecule has 26 heavy (non-hydrogen) atoms. The molecule has 1 aliphatic heterocycles. The van der Waals surface area contributed by atoms with Crippen LogP contribution < -0.4 is 19.5 Å². The molecular formula is C20H21NO5. The normalized spacial score (nSPS) is 13.6. The molecule has 0 fully saturated rings. The quantitative estimate of drug-likeness (QED) is 0.774. The molecule has 3 rings (SSSR count). The molecule has 1 unspecified atom stereocenters. The number of carbonyl (C=O) groups excluding carboxylic acids is 1. The zero-order valence-electron chi connectivity index (χ0n) is 14.7. The Morgan fingerprint density at radius 3 is 2.85 bits per heavy atom. The van der Waals surface area contributed by atoms with E-state index in [1.165, 1.54) is 6.08 Å². The second-order valence-electron chi connectivity index (χ2n) is 5.69. The predicted molar refractivity (Wildman–Crippen MR) is 97.4 cm³/mol. The van der Waals surface area contributed by atoms with Crippen molar-refractivity contribution in [2.45, 2.75) is 6.10 Å². The van der Waals surface area contributed by atoms with Gasteiger partial charge in [0, 0.05) is 19.7 Å². The van der Waals surface area contributed by atoms with E-state index in [1.54, 1.807) is 20.3 Å². The van der Waals surface area contributed by atoms with E-state index in [-0.39, 0.29) is 18.8 Å². The third kappa shape index (κ3) is 4.34. The number of fused-ring (bicyclic) bond motifs is 1. The average Bonchev–Trinajstić information content (AvgIpc) is 3.15. The Labute approximate surface area is 152 Å². The lowest BCUT2D eigenvalue weighted by atomic mass is 10.1. The van der Waals surface area contributed by atoms with Gasteiger partial charge in [0.05, 0.1) is 13.2 Å². The van der Waals surface area contributed by atoms with Crippen molar-refractivity contribution in [1.29, 1.82) is 0 Å². The highest BCUT2D eigenvalue weighted by molar-refractivity contribution is 5.91. The van der Waals surface area contributed by atoms with Crippen molar-refractivity contribution in [3.05, 3.63) is 59.7 Å². The molecule has 1 heterocycles. The van der Waals surface area contributed by atoms with Gasteiger partial charge in [0.15, 0.2) is 11.5 Å². The summed E-state index contributed by atoms with van der Waals surface area (Å²) in [5.41, 5.74) is 1.80. The number of amides is 1. The van der Waals surface area contributed by atoms with Crippen molar-refractivity contribution in [2.24, 2.45) is 0 Å². The van der Waals surface area contributed by atoms with Crippen molar-refractivity contribution in [1.82, 2.24) is 5.32 Å². The minimum Gasteiger partial charge on any atom is -0.497 e. The Bertz CT molecular complexity index is 803. The molecule has 0 aromatic heterocycles. The fourth-order valence-corrected chi connectivity index (χ4v) is 2.62. The lowest BCUT2D eigenvalue weighted by Gasteiger charge is -2.16. The highest BCUT2D eigenvalue weighted by Crippen LogP contribution is 2.32. The molecular weight excluding hydrogens is 334 g/mol. The molecule has 6 nitrogen and oxygen atoms in total. The summed E-state index contributed by atoms with van der Waals surface area (Å²) >= 11 is 0. The molecule has 1 atom stereocenters. The summed E-state index contributed by atoms with van der Waals surface area (Å²) in [6, 6.07) is 13.1. The van der Waals surface area contributed by atoms with E-state index in [0.29, 0.717) is 18.0 Å². The smallest absolute Gasteiger partial charge is 0.244 e. The van der Waals surface area contributed by atoms with Crippen LogP contribution in [0, 0.1) is 0 Å². The van der Waals surface area contributed by atoms with Crippen LogP contribution in [-0.4, -0.2) is 33.5 Å². The third-order valence-corrected chi connectivity index (χ3v) is 4.04. The monoisotopic (exact) mass is 355 g/mol. The van der Waals surface area contributed by atoms with Gasteiger partial charge in [-0.15, -0.1) is 0 Å². The van der Waals surface area contributed by atoms with Crippen molar-refractivity contribution in [3.63, 3.8) is 0 Å². The highest BCUT2D eigenvalue weighted by Gasteiger charge is 2.13. The molecule has 136 valence electrons. The van der Waals surface area contributed by atoms with Gasteiger partial charge in [0.1, 0.15) is 5.75 Å². The summed E-state index contributed by atoms with van der Waals surface area (Å²) in [5, 5.41) is 2.84. The standard InChI is InChI=1S/C20H21NO5/c1-23-16-5-3-4-15(11-16)19(24-2)12-21-20(22)9-7-14-6-8-17-18(10-14)26-13-25-17/h3-11,19H,12-13H2,1-2H3,(H,21,22). The molecule has 1 amide bonds. The van der Waals surface area contributed by atoms with Crippen LogP contribution in [0.4, 0.5) is 0 Å². The van der Waals surface area contributed by atoms with Crippen molar-refractivity contribution in [3.8, 4) is 17.2 Å². The van der Waals surface area contributed by atoms with E-state index < -0.39 is 0 Å². The number of methoxy groups -OCH3 is 2. The zero-order chi connectivity index (χ0) is 18.4. The molecule has 0 saturated heterocycles. The minimum absolute atomic E-state index is 0.201. The Balaban J connectivity index is 1.57. The SMILES string of the molecule is COc1cccc(C(CNC(=O)C=Cc2ccc3c(c2)OCO3)OC)c1. The lowest BCUT2D eigenvalue weighted by Crippen LogP contribution is -2.27. The van der Waals surface area contributed by atoms with Crippen molar-refractivity contribution in [2.75, 3.05) is 27.6 Å². The van der Waals surface area contributed by atoms with E-state index >= 15 is 0 Å². The molecule has 0 spiro atoms. The third-order valence-electron chi connectivity index (χ3n) is 4.04. The summed E-state index contributed by atoms with van der Waals surface area (Å²) in [7, 11) is 3.22. The van der Waals surface area contributed by atoms with E-state index in [4.69, 9.17) is 18.9 Å². The van der Waals surface area contributed by atoms with Gasteiger partial charge in [-0.1, -0.05) is 18.2 Å². The van der Waals surface area contributed by atoms with E-state index in [9.17, 15) is 4.79 Å². The van der Waals surface area contributed by atoms with Crippen molar-refractivity contribution >= 4 is 12.0 Å². The van der Waals surface area contributed by atoms with Crippen LogP contribution in [-0.2, 0) is 9.53 Å². The molecule has 1 aliphatic rings. The number of ether oxygens (including phenoxy) is 4. The van der Waals surface area contributed by atoms with E-state index in [2.05, 4.69) is 5.32 Å². The Morgan fingerprint density at radius 2 is 2.04 bits per heavy atom. The first-order valence-corrected chi connectivity index (χ1v) is 8.22. The summed E-state index contributed by atoms with van der Waals surface area (Å²) in [6.45, 7) is 0.583. The topological polar surface area (TPSA) is 66.0 Å². The molecule has 0 bridgehead atoms. The summed E-state index contributed by atoms with van der Waals surface area (Å²) < 4.78 is 21.3. The van der Waals surface area contributed by atoms with Gasteiger partial charge in [0.2, 0.25) is 12.7 Å². The number of nitrogens with one attached hydrogen (secondary N) is 1. The largest absolute Gasteiger partial charge is 0.497 e. The second-order valence-corrected chi connectivity index (χ2v) is 5.69. The maximum absolute atomic E-state index is 12.1. The van der Waals surface area contributed by atoms with Crippen LogP contribution in [0.15, 0.2) is 48.5 Å². The maximum atomic E-state index is 12.1. The molecule has 1 N–H and O–H groups in total. The first-order valence-electron chi connectivity index (χ1n) is 8.22. The molecule has 6 heteroatoms. The zero-order valence-corrected chi connectivity index (χ0v) is 14.7. The summed E-state index contributed by atoms with van der Waals surface area (Å²) in [4.78, 5) is 12.1. The van der Waals surface area contributed by atoms with Crippen LogP contribution >= 0.6 is 0 Å². The van der Waals surface area contributed by atoms with Crippen LogP contribution in [0.25, 0.3) is 6.08 Å². The van der Waals surface area contributed by atoms with Gasteiger partial charge < -0.3 is 24.3 Å². The minimum atomic E-state index is -0.256. The number of hydrogen-bond acceptors (Lipinski definition) is 5. The summed E-state index contributed by atoms with van der Waals surface area (Å²) in [6.07, 6.45) is 2.95. The van der Waals surface area contributed by atoms with Crippen LogP contribution in [0.1, 0.15) is 17.2 Å². The van der Waals surface area contributed by atoms with E-state index in [1.807, 2.05) is 42.5 Å². The molecule has 0 aliphatic carbocycles. The Morgan fingerprint density at radius 1 is 1.19 bits per heavy atom. The Hall–Kier alpha value is -2.99. The molecule has 2 aromatic rings. The fraction of sp³-hybridized carbons (Fsp3) is 0.250. The molecule has 0 saturated carbocycles. The van der Waals surface area contributed by atoms with Gasteiger partial charge in [-0.2, -0.15) is 0 Å². The first kappa shape index (κ1) is 17.8. The molecule has 0 radical (unpaired) electrons. The van der Waals surface area contributed by atoms with E-state index in [0.717, 1.165) is 16.9 Å². The van der Waals surface area contributed by atoms with Gasteiger partial charge >= 0.3 is 0 Å². The number of carbonyl (C=O) groups is 1. The number of hydrogen-bond donors (Lipinski definition) is 1. The predicted octanol–water partition coefficient (Wildman–Crippen LogP) is 2.94. The first-order chi connectivity index (χ1) is 12.7. The maximum Gasteiger partial charge on any atom is 0.244 e. The summed E-state index contributed by atoms with van der Waals surface area (Å²) in [5.74, 6) is 1.95. The van der Waals surface area contributed by atoms with Crippen molar-refractivity contribution < 1.29 is 23.7 Å². The van der Waals surface area contributed by atoms with Crippen LogP contribution in [0.2, 0.25) is 0 Å². The Kier molecular flexibility index (Phi) is 5.76. The number of benzene rings is 2. The van der Waals surface area contributed by atoms with Crippen LogP contribution in [0.5, 0.6) is 17.2 Å². The highest BCUT2D eigenvalue weighted by atomic mass is 16.7. The van der Waals surface area contributed by atoms with Gasteiger partial charge in [-0.3, -0.25) is 4.79 Å². The van der Waals surface area contributed by atoms with Crippen LogP contribution in [0.3, 0.4) is 0 Å². The lowest BCUT2D eigenvalue weighted by molar-refractivity contribution is -0.117. The second kappa shape index (κ2) is 8.40. The number of rotatable bonds is 7. The molecule has 2 aromatic carbocycles. The van der Waals surface area contributed by atoms with Gasteiger partial charge in [0.25, 0.3) is 0 Å². The average molecular weight is 355 g/mol. The van der Waals surface area contributed by atoms with Gasteiger partial charge in [-0.25, -0.2) is 0 Å². The van der Waals surface area contributed by atoms with Gasteiger partial charge in [-0.05, 0) is 41.5 Å².